The van der Waals surface area contributed by atoms with Gasteiger partial charge in [-0.25, -0.2) is 0 Å². The van der Waals surface area contributed by atoms with Gasteiger partial charge in [-0.15, -0.1) is 0 Å². The van der Waals surface area contributed by atoms with E-state index in [0.717, 1.165) is 11.4 Å². The number of hydrogen-bond donors (Lipinski definition) is 1. The zero-order valence-corrected chi connectivity index (χ0v) is 13.8. The quantitative estimate of drug-likeness (QED) is 0.907. The third kappa shape index (κ3) is 4.35. The maximum Gasteiger partial charge on any atom is 0.238 e. The molecule has 1 amide bonds. The van der Waals surface area contributed by atoms with Crippen molar-refractivity contribution in [2.24, 2.45) is 0 Å². The van der Waals surface area contributed by atoms with Crippen molar-refractivity contribution >= 4 is 28.9 Å². The Morgan fingerprint density at radius 3 is 2.57 bits per heavy atom. The number of benzene rings is 1. The van der Waals surface area contributed by atoms with E-state index in [-0.39, 0.29) is 5.91 Å². The van der Waals surface area contributed by atoms with Gasteiger partial charge in [0.15, 0.2) is 0 Å². The first kappa shape index (κ1) is 16.1. The first-order valence-corrected chi connectivity index (χ1v) is 7.82. The Balaban J connectivity index is 2.00. The fourth-order valence-electron chi connectivity index (χ4n) is 2.89. The summed E-state index contributed by atoms with van der Waals surface area (Å²) < 4.78 is 0. The van der Waals surface area contributed by atoms with E-state index < -0.39 is 0 Å². The van der Waals surface area contributed by atoms with Crippen LogP contribution >= 0.6 is 11.6 Å². The molecule has 0 spiro atoms. The molecule has 0 saturated heterocycles. The van der Waals surface area contributed by atoms with Crippen LogP contribution in [0.5, 0.6) is 0 Å². The van der Waals surface area contributed by atoms with Crippen molar-refractivity contribution in [2.75, 3.05) is 37.9 Å². The van der Waals surface area contributed by atoms with E-state index >= 15 is 0 Å². The first-order chi connectivity index (χ1) is 9.97. The summed E-state index contributed by atoms with van der Waals surface area (Å²) in [6.45, 7) is 0.421. The van der Waals surface area contributed by atoms with E-state index in [9.17, 15) is 4.79 Å². The number of hydrogen-bond acceptors (Lipinski definition) is 3. The predicted octanol–water partition coefficient (Wildman–Crippen LogP) is 3.22. The monoisotopic (exact) mass is 309 g/mol. The molecule has 4 nitrogen and oxygen atoms in total. The molecule has 1 aromatic carbocycles. The molecule has 1 fully saturated rings. The molecule has 21 heavy (non-hydrogen) atoms. The molecule has 0 unspecified atom stereocenters. The van der Waals surface area contributed by atoms with Gasteiger partial charge in [0.05, 0.1) is 17.9 Å². The predicted molar refractivity (Wildman–Crippen MR) is 89.3 cm³/mol. The lowest BCUT2D eigenvalue weighted by atomic mass is 10.2. The fourth-order valence-corrected chi connectivity index (χ4v) is 3.06. The molecular weight excluding hydrogens is 286 g/mol. The highest BCUT2D eigenvalue weighted by molar-refractivity contribution is 6.31. The Morgan fingerprint density at radius 2 is 1.95 bits per heavy atom. The number of carbonyl (C=O) groups is 1. The highest BCUT2D eigenvalue weighted by atomic mass is 35.5. The fraction of sp³-hybridized carbons (Fsp3) is 0.562. The molecule has 1 aliphatic carbocycles. The van der Waals surface area contributed by atoms with Crippen molar-refractivity contribution in [3.63, 3.8) is 0 Å². The summed E-state index contributed by atoms with van der Waals surface area (Å²) in [4.78, 5) is 16.4. The second-order valence-electron chi connectivity index (χ2n) is 5.96. The van der Waals surface area contributed by atoms with Gasteiger partial charge in [0, 0.05) is 25.2 Å². The molecule has 0 aliphatic heterocycles. The van der Waals surface area contributed by atoms with E-state index in [1.54, 1.807) is 6.07 Å². The smallest absolute Gasteiger partial charge is 0.238 e. The lowest BCUT2D eigenvalue weighted by molar-refractivity contribution is -0.117. The zero-order valence-electron chi connectivity index (χ0n) is 13.0. The molecule has 1 aromatic rings. The Bertz CT molecular complexity index is 498. The number of carbonyl (C=O) groups excluding carboxylic acids is 1. The van der Waals surface area contributed by atoms with Crippen LogP contribution in [0.15, 0.2) is 18.2 Å². The first-order valence-electron chi connectivity index (χ1n) is 7.44. The molecule has 0 heterocycles. The van der Waals surface area contributed by atoms with Crippen LogP contribution in [0.25, 0.3) is 0 Å². The minimum atomic E-state index is 0.00904. The molecule has 0 bridgehead atoms. The minimum absolute atomic E-state index is 0.00904. The van der Waals surface area contributed by atoms with Crippen molar-refractivity contribution in [2.45, 2.75) is 31.7 Å². The lowest BCUT2D eigenvalue weighted by Gasteiger charge is -2.24. The summed E-state index contributed by atoms with van der Waals surface area (Å²) in [7, 11) is 5.92. The van der Waals surface area contributed by atoms with E-state index in [0.29, 0.717) is 17.6 Å². The number of likely N-dealkylation sites (N-methyl/N-ethyl adjacent to an activating group) is 1. The van der Waals surface area contributed by atoms with Crippen LogP contribution < -0.4 is 10.2 Å². The van der Waals surface area contributed by atoms with Gasteiger partial charge in [-0.05, 0) is 38.1 Å². The Kier molecular flexibility index (Phi) is 5.48. The SMILES string of the molecule is CN(C)c1ccc(Cl)cc1NC(=O)CN(C)C1CCCC1. The lowest BCUT2D eigenvalue weighted by Crippen LogP contribution is -2.36. The standard InChI is InChI=1S/C16H24ClN3O/c1-19(2)15-9-8-12(17)10-14(15)18-16(21)11-20(3)13-6-4-5-7-13/h8-10,13H,4-7,11H2,1-3H3,(H,18,21). The number of nitrogens with one attached hydrogen (secondary N) is 1. The maximum absolute atomic E-state index is 12.3. The van der Waals surface area contributed by atoms with Crippen LogP contribution in [-0.2, 0) is 4.79 Å². The van der Waals surface area contributed by atoms with E-state index in [1.807, 2.05) is 38.2 Å². The average Bonchev–Trinajstić information content (AvgIpc) is 2.91. The van der Waals surface area contributed by atoms with Crippen LogP contribution in [0.1, 0.15) is 25.7 Å². The molecule has 0 radical (unpaired) electrons. The molecule has 1 N–H and O–H groups in total. The van der Waals surface area contributed by atoms with Crippen LogP contribution in [0.3, 0.4) is 0 Å². The van der Waals surface area contributed by atoms with Crippen molar-refractivity contribution in [3.8, 4) is 0 Å². The van der Waals surface area contributed by atoms with E-state index in [1.165, 1.54) is 25.7 Å². The molecule has 1 aliphatic rings. The largest absolute Gasteiger partial charge is 0.376 e. The van der Waals surface area contributed by atoms with Gasteiger partial charge < -0.3 is 10.2 Å². The third-order valence-electron chi connectivity index (χ3n) is 4.06. The topological polar surface area (TPSA) is 35.6 Å². The van der Waals surface area contributed by atoms with Crippen molar-refractivity contribution in [1.82, 2.24) is 4.90 Å². The van der Waals surface area contributed by atoms with Crippen LogP contribution in [0.4, 0.5) is 11.4 Å². The van der Waals surface area contributed by atoms with Gasteiger partial charge in [-0.3, -0.25) is 9.69 Å². The summed E-state index contributed by atoms with van der Waals surface area (Å²) in [6.07, 6.45) is 4.94. The summed E-state index contributed by atoms with van der Waals surface area (Å²) in [5.74, 6) is 0.00904. The van der Waals surface area contributed by atoms with Crippen LogP contribution in [0, 0.1) is 0 Å². The Hall–Kier alpha value is -1.26. The number of rotatable bonds is 5. The van der Waals surface area contributed by atoms with Gasteiger partial charge in [0.2, 0.25) is 5.91 Å². The van der Waals surface area contributed by atoms with Crippen LogP contribution in [0.2, 0.25) is 5.02 Å². The van der Waals surface area contributed by atoms with Crippen molar-refractivity contribution in [1.29, 1.82) is 0 Å². The Morgan fingerprint density at radius 1 is 1.29 bits per heavy atom. The normalized spacial score (nSPS) is 15.5. The molecule has 0 aromatic heterocycles. The number of amides is 1. The number of halogens is 1. The summed E-state index contributed by atoms with van der Waals surface area (Å²) in [5, 5.41) is 3.61. The summed E-state index contributed by atoms with van der Waals surface area (Å²) >= 11 is 6.03. The Labute approximate surface area is 132 Å². The van der Waals surface area contributed by atoms with Crippen LogP contribution in [-0.4, -0.2) is 44.5 Å². The molecule has 0 atom stereocenters. The van der Waals surface area contributed by atoms with Gasteiger partial charge in [0.25, 0.3) is 0 Å². The van der Waals surface area contributed by atoms with Gasteiger partial charge >= 0.3 is 0 Å². The average molecular weight is 310 g/mol. The van der Waals surface area contributed by atoms with Crippen molar-refractivity contribution in [3.05, 3.63) is 23.2 Å². The number of anilines is 2. The summed E-state index contributed by atoms with van der Waals surface area (Å²) in [5.41, 5.74) is 1.72. The molecule has 5 heteroatoms. The third-order valence-corrected chi connectivity index (χ3v) is 4.29. The highest BCUT2D eigenvalue weighted by Gasteiger charge is 2.21. The second-order valence-corrected chi connectivity index (χ2v) is 6.39. The summed E-state index contributed by atoms with van der Waals surface area (Å²) in [6, 6.07) is 6.09. The maximum atomic E-state index is 12.3. The second kappa shape index (κ2) is 7.14. The zero-order chi connectivity index (χ0) is 15.4. The van der Waals surface area contributed by atoms with E-state index in [4.69, 9.17) is 11.6 Å². The molecule has 2 rings (SSSR count). The van der Waals surface area contributed by atoms with Gasteiger partial charge in [-0.2, -0.15) is 0 Å². The number of nitrogens with zero attached hydrogens (tertiary/aromatic N) is 2. The van der Waals surface area contributed by atoms with Gasteiger partial charge in [-0.1, -0.05) is 24.4 Å². The van der Waals surface area contributed by atoms with Gasteiger partial charge in [0.1, 0.15) is 0 Å². The van der Waals surface area contributed by atoms with Crippen molar-refractivity contribution < 1.29 is 4.79 Å². The minimum Gasteiger partial charge on any atom is -0.376 e. The molecule has 1 saturated carbocycles. The van der Waals surface area contributed by atoms with E-state index in [2.05, 4.69) is 10.2 Å². The molecular formula is C16H24ClN3O. The highest BCUT2D eigenvalue weighted by Crippen LogP contribution is 2.28. The molecule has 116 valence electrons.